The van der Waals surface area contributed by atoms with E-state index in [4.69, 9.17) is 10.3 Å². The van der Waals surface area contributed by atoms with Crippen molar-refractivity contribution >= 4 is 18.3 Å². The van der Waals surface area contributed by atoms with Crippen molar-refractivity contribution < 1.29 is 9.32 Å². The topological polar surface area (TPSA) is 81.2 Å². The molecule has 0 saturated heterocycles. The van der Waals surface area contributed by atoms with Crippen LogP contribution in [-0.2, 0) is 11.2 Å². The molecule has 1 aliphatic rings. The zero-order valence-electron chi connectivity index (χ0n) is 12.2. The molecule has 1 aliphatic carbocycles. The summed E-state index contributed by atoms with van der Waals surface area (Å²) in [5.41, 5.74) is 7.58. The van der Waals surface area contributed by atoms with Crippen molar-refractivity contribution in [2.45, 2.75) is 57.9 Å². The lowest BCUT2D eigenvalue weighted by Crippen LogP contribution is -2.51. The second-order valence-corrected chi connectivity index (χ2v) is 5.54. The van der Waals surface area contributed by atoms with Gasteiger partial charge in [0, 0.05) is 18.5 Å². The van der Waals surface area contributed by atoms with Crippen LogP contribution in [0.3, 0.4) is 0 Å². The molecule has 0 atom stereocenters. The van der Waals surface area contributed by atoms with Crippen LogP contribution >= 0.6 is 12.4 Å². The van der Waals surface area contributed by atoms with Gasteiger partial charge in [0.15, 0.2) is 0 Å². The van der Waals surface area contributed by atoms with Gasteiger partial charge in [-0.1, -0.05) is 18.0 Å². The fraction of sp³-hybridized carbons (Fsp3) is 0.714. The molecule has 1 saturated carbocycles. The summed E-state index contributed by atoms with van der Waals surface area (Å²) in [7, 11) is 0. The number of carbonyl (C=O) groups excluding carboxylic acids is 1. The second-order valence-electron chi connectivity index (χ2n) is 5.54. The largest absolute Gasteiger partial charge is 0.361 e. The molecule has 6 heteroatoms. The van der Waals surface area contributed by atoms with E-state index in [1.807, 2.05) is 13.8 Å². The van der Waals surface area contributed by atoms with E-state index in [0.29, 0.717) is 19.4 Å². The zero-order valence-corrected chi connectivity index (χ0v) is 13.0. The molecule has 1 amide bonds. The van der Waals surface area contributed by atoms with Crippen molar-refractivity contribution in [1.82, 2.24) is 10.5 Å². The number of rotatable bonds is 5. The highest BCUT2D eigenvalue weighted by molar-refractivity contribution is 5.85. The molecule has 114 valence electrons. The lowest BCUT2D eigenvalue weighted by Gasteiger charge is -2.28. The summed E-state index contributed by atoms with van der Waals surface area (Å²) in [6, 6.07) is 0. The summed E-state index contributed by atoms with van der Waals surface area (Å²) in [6.45, 7) is 4.32. The van der Waals surface area contributed by atoms with E-state index >= 15 is 0 Å². The average Bonchev–Trinajstić information content (AvgIpc) is 2.96. The number of nitrogens with zero attached hydrogens (tertiary/aromatic N) is 1. The normalized spacial score (nSPS) is 16.8. The van der Waals surface area contributed by atoms with E-state index in [-0.39, 0.29) is 23.9 Å². The van der Waals surface area contributed by atoms with Crippen molar-refractivity contribution in [3.63, 3.8) is 0 Å². The summed E-state index contributed by atoms with van der Waals surface area (Å²) in [5, 5.41) is 7.03. The predicted octanol–water partition coefficient (Wildman–Crippen LogP) is 2.03. The van der Waals surface area contributed by atoms with Crippen molar-refractivity contribution in [2.75, 3.05) is 6.54 Å². The molecule has 0 spiro atoms. The van der Waals surface area contributed by atoms with Gasteiger partial charge in [-0.15, -0.1) is 12.4 Å². The van der Waals surface area contributed by atoms with Crippen molar-refractivity contribution in [3.05, 3.63) is 17.0 Å². The molecule has 0 aromatic carbocycles. The van der Waals surface area contributed by atoms with Gasteiger partial charge < -0.3 is 15.6 Å². The van der Waals surface area contributed by atoms with E-state index in [1.54, 1.807) is 0 Å². The number of amides is 1. The number of halogens is 1. The van der Waals surface area contributed by atoms with Gasteiger partial charge in [-0.3, -0.25) is 4.79 Å². The molecule has 0 unspecified atom stereocenters. The van der Waals surface area contributed by atoms with Crippen LogP contribution in [0.4, 0.5) is 0 Å². The summed E-state index contributed by atoms with van der Waals surface area (Å²) in [6.07, 6.45) is 5.45. The van der Waals surface area contributed by atoms with Crippen LogP contribution in [0.2, 0.25) is 0 Å². The van der Waals surface area contributed by atoms with Gasteiger partial charge in [0.05, 0.1) is 11.2 Å². The Kier molecular flexibility index (Phi) is 6.02. The third kappa shape index (κ3) is 3.73. The summed E-state index contributed by atoms with van der Waals surface area (Å²) in [5.74, 6) is 0.882. The first kappa shape index (κ1) is 17.0. The maximum atomic E-state index is 12.1. The molecule has 1 aromatic rings. The van der Waals surface area contributed by atoms with Crippen molar-refractivity contribution in [2.24, 2.45) is 5.73 Å². The van der Waals surface area contributed by atoms with Gasteiger partial charge in [-0.05, 0) is 33.1 Å². The number of aromatic nitrogens is 1. The molecular weight excluding hydrogens is 278 g/mol. The molecular formula is C14H24ClN3O2. The maximum Gasteiger partial charge on any atom is 0.220 e. The minimum absolute atomic E-state index is 0. The minimum atomic E-state index is -0.157. The Bertz CT molecular complexity index is 434. The Morgan fingerprint density at radius 1 is 1.40 bits per heavy atom. The first-order valence-corrected chi connectivity index (χ1v) is 6.99. The van der Waals surface area contributed by atoms with E-state index in [0.717, 1.165) is 42.7 Å². The van der Waals surface area contributed by atoms with Crippen LogP contribution in [-0.4, -0.2) is 23.1 Å². The fourth-order valence-electron chi connectivity index (χ4n) is 2.89. The van der Waals surface area contributed by atoms with Crippen LogP contribution in [0.5, 0.6) is 0 Å². The molecule has 20 heavy (non-hydrogen) atoms. The molecule has 0 radical (unpaired) electrons. The highest BCUT2D eigenvalue weighted by atomic mass is 35.5. The van der Waals surface area contributed by atoms with Crippen LogP contribution in [0.15, 0.2) is 4.52 Å². The molecule has 1 fully saturated rings. The number of nitrogens with one attached hydrogen (secondary N) is 1. The van der Waals surface area contributed by atoms with Gasteiger partial charge in [0.1, 0.15) is 5.76 Å². The average molecular weight is 302 g/mol. The minimum Gasteiger partial charge on any atom is -0.361 e. The summed E-state index contributed by atoms with van der Waals surface area (Å²) < 4.78 is 5.10. The zero-order chi connectivity index (χ0) is 13.9. The van der Waals surface area contributed by atoms with Crippen LogP contribution in [0.1, 0.15) is 49.1 Å². The standard InChI is InChI=1S/C14H23N3O2.ClH/c1-10-12(11(2)19-17-10)5-6-13(18)16-14(9-15)7-3-4-8-14;/h3-9,15H2,1-2H3,(H,16,18);1H. The van der Waals surface area contributed by atoms with E-state index in [1.165, 1.54) is 0 Å². The second kappa shape index (κ2) is 7.09. The monoisotopic (exact) mass is 301 g/mol. The molecule has 1 aromatic heterocycles. The Labute approximate surface area is 126 Å². The number of hydrogen-bond acceptors (Lipinski definition) is 4. The quantitative estimate of drug-likeness (QED) is 0.872. The molecule has 5 nitrogen and oxygen atoms in total. The highest BCUT2D eigenvalue weighted by Crippen LogP contribution is 2.28. The Morgan fingerprint density at radius 3 is 2.55 bits per heavy atom. The van der Waals surface area contributed by atoms with Gasteiger partial charge in [0.25, 0.3) is 0 Å². The molecule has 3 N–H and O–H groups in total. The number of carbonyl (C=O) groups is 1. The van der Waals surface area contributed by atoms with Gasteiger partial charge in [0.2, 0.25) is 5.91 Å². The Morgan fingerprint density at radius 2 is 2.05 bits per heavy atom. The van der Waals surface area contributed by atoms with Gasteiger partial charge in [-0.25, -0.2) is 0 Å². The van der Waals surface area contributed by atoms with Crippen LogP contribution < -0.4 is 11.1 Å². The van der Waals surface area contributed by atoms with E-state index in [9.17, 15) is 4.79 Å². The fourth-order valence-corrected chi connectivity index (χ4v) is 2.89. The lowest BCUT2D eigenvalue weighted by atomic mass is 9.97. The predicted molar refractivity (Wildman–Crippen MR) is 79.9 cm³/mol. The molecule has 2 rings (SSSR count). The Balaban J connectivity index is 0.00000200. The van der Waals surface area contributed by atoms with Crippen molar-refractivity contribution in [1.29, 1.82) is 0 Å². The van der Waals surface area contributed by atoms with Crippen LogP contribution in [0, 0.1) is 13.8 Å². The highest BCUT2D eigenvalue weighted by Gasteiger charge is 2.33. The van der Waals surface area contributed by atoms with Gasteiger partial charge in [-0.2, -0.15) is 0 Å². The number of aryl methyl sites for hydroxylation is 2. The van der Waals surface area contributed by atoms with Crippen LogP contribution in [0.25, 0.3) is 0 Å². The van der Waals surface area contributed by atoms with Gasteiger partial charge >= 0.3 is 0 Å². The summed E-state index contributed by atoms with van der Waals surface area (Å²) in [4.78, 5) is 12.1. The molecule has 1 heterocycles. The summed E-state index contributed by atoms with van der Waals surface area (Å²) >= 11 is 0. The van der Waals surface area contributed by atoms with Crippen molar-refractivity contribution in [3.8, 4) is 0 Å². The third-order valence-corrected chi connectivity index (χ3v) is 4.14. The number of hydrogen-bond donors (Lipinski definition) is 2. The lowest BCUT2D eigenvalue weighted by molar-refractivity contribution is -0.122. The van der Waals surface area contributed by atoms with E-state index in [2.05, 4.69) is 10.5 Å². The molecule has 0 bridgehead atoms. The maximum absolute atomic E-state index is 12.1. The third-order valence-electron chi connectivity index (χ3n) is 4.14. The smallest absolute Gasteiger partial charge is 0.220 e. The Hall–Kier alpha value is -1.07. The first-order valence-electron chi connectivity index (χ1n) is 6.99. The number of nitrogens with two attached hydrogens (primary N) is 1. The van der Waals surface area contributed by atoms with E-state index < -0.39 is 0 Å². The molecule has 0 aliphatic heterocycles. The first-order chi connectivity index (χ1) is 9.06. The SMILES string of the molecule is Cc1noc(C)c1CCC(=O)NC1(CN)CCCC1.Cl.